The Labute approximate surface area is 107 Å². The van der Waals surface area contributed by atoms with Crippen molar-refractivity contribution in [3.05, 3.63) is 0 Å². The standard InChI is InChI=1S/C15H30N2/c1-11-7-12(2)13(3)17(9-11)15(4,10-16)8-14-5-6-14/h11-14H,5-10,16H2,1-4H3. The summed E-state index contributed by atoms with van der Waals surface area (Å²) in [6, 6.07) is 0.693. The van der Waals surface area contributed by atoms with Gasteiger partial charge in [-0.1, -0.05) is 26.7 Å². The first-order valence-corrected chi connectivity index (χ1v) is 7.43. The van der Waals surface area contributed by atoms with Crippen molar-refractivity contribution in [2.75, 3.05) is 13.1 Å². The molecule has 4 atom stereocenters. The lowest BCUT2D eigenvalue weighted by molar-refractivity contribution is -0.0138. The number of nitrogens with two attached hydrogens (primary N) is 1. The van der Waals surface area contributed by atoms with E-state index in [1.54, 1.807) is 0 Å². The Morgan fingerprint density at radius 2 is 1.88 bits per heavy atom. The molecule has 1 saturated carbocycles. The van der Waals surface area contributed by atoms with E-state index in [0.29, 0.717) is 6.04 Å². The molecule has 0 bridgehead atoms. The topological polar surface area (TPSA) is 29.3 Å². The number of likely N-dealkylation sites (tertiary alicyclic amines) is 1. The second kappa shape index (κ2) is 4.89. The van der Waals surface area contributed by atoms with E-state index in [-0.39, 0.29) is 5.54 Å². The molecule has 0 aromatic heterocycles. The zero-order valence-corrected chi connectivity index (χ0v) is 12.1. The molecule has 0 spiro atoms. The van der Waals surface area contributed by atoms with Gasteiger partial charge in [-0.2, -0.15) is 0 Å². The van der Waals surface area contributed by atoms with Crippen molar-refractivity contribution in [1.29, 1.82) is 0 Å². The molecule has 100 valence electrons. The van der Waals surface area contributed by atoms with E-state index in [9.17, 15) is 0 Å². The SMILES string of the molecule is CC1CC(C)C(C)N(C(C)(CN)CC2CC2)C1. The minimum atomic E-state index is 0.240. The van der Waals surface area contributed by atoms with Crippen LogP contribution in [-0.4, -0.2) is 29.6 Å². The minimum Gasteiger partial charge on any atom is -0.329 e. The molecule has 1 aliphatic heterocycles. The van der Waals surface area contributed by atoms with Gasteiger partial charge in [-0.25, -0.2) is 0 Å². The van der Waals surface area contributed by atoms with Crippen LogP contribution in [0.15, 0.2) is 0 Å². The predicted octanol–water partition coefficient (Wildman–Crippen LogP) is 2.87. The summed E-state index contributed by atoms with van der Waals surface area (Å²) in [4.78, 5) is 2.73. The summed E-state index contributed by atoms with van der Waals surface area (Å²) in [6.45, 7) is 11.6. The van der Waals surface area contributed by atoms with Crippen molar-refractivity contribution >= 4 is 0 Å². The van der Waals surface area contributed by atoms with Gasteiger partial charge in [0.15, 0.2) is 0 Å². The van der Waals surface area contributed by atoms with Crippen LogP contribution in [0.2, 0.25) is 0 Å². The van der Waals surface area contributed by atoms with Crippen LogP contribution >= 0.6 is 0 Å². The molecule has 1 saturated heterocycles. The van der Waals surface area contributed by atoms with Gasteiger partial charge in [0, 0.05) is 24.7 Å². The lowest BCUT2D eigenvalue weighted by Crippen LogP contribution is -2.60. The van der Waals surface area contributed by atoms with E-state index in [1.807, 2.05) is 0 Å². The molecule has 2 heteroatoms. The first-order valence-electron chi connectivity index (χ1n) is 7.43. The smallest absolute Gasteiger partial charge is 0.0309 e. The predicted molar refractivity (Wildman–Crippen MR) is 73.9 cm³/mol. The summed E-state index contributed by atoms with van der Waals surface area (Å²) in [5, 5.41) is 0. The Hall–Kier alpha value is -0.0800. The van der Waals surface area contributed by atoms with Crippen molar-refractivity contribution in [3.8, 4) is 0 Å². The van der Waals surface area contributed by atoms with E-state index in [1.165, 1.54) is 32.2 Å². The van der Waals surface area contributed by atoms with Crippen molar-refractivity contribution in [2.45, 2.75) is 65.0 Å². The maximum absolute atomic E-state index is 6.13. The molecule has 4 unspecified atom stereocenters. The first kappa shape index (κ1) is 13.4. The molecule has 1 heterocycles. The van der Waals surface area contributed by atoms with Gasteiger partial charge in [-0.3, -0.25) is 4.90 Å². The van der Waals surface area contributed by atoms with Crippen molar-refractivity contribution in [2.24, 2.45) is 23.5 Å². The second-order valence-electron chi connectivity index (χ2n) is 7.06. The number of nitrogens with zero attached hydrogens (tertiary/aromatic N) is 1. The molecular weight excluding hydrogens is 208 g/mol. The van der Waals surface area contributed by atoms with Gasteiger partial charge in [-0.15, -0.1) is 0 Å². The second-order valence-corrected chi connectivity index (χ2v) is 7.06. The van der Waals surface area contributed by atoms with Crippen LogP contribution in [0.3, 0.4) is 0 Å². The lowest BCUT2D eigenvalue weighted by atomic mass is 9.80. The van der Waals surface area contributed by atoms with E-state index in [0.717, 1.165) is 24.3 Å². The zero-order valence-electron chi connectivity index (χ0n) is 12.1. The first-order chi connectivity index (χ1) is 7.96. The third-order valence-electron chi connectivity index (χ3n) is 5.16. The Kier molecular flexibility index (Phi) is 3.84. The number of hydrogen-bond donors (Lipinski definition) is 1. The van der Waals surface area contributed by atoms with Gasteiger partial charge >= 0.3 is 0 Å². The molecule has 0 radical (unpaired) electrons. The van der Waals surface area contributed by atoms with E-state index < -0.39 is 0 Å². The Morgan fingerprint density at radius 1 is 1.24 bits per heavy atom. The summed E-state index contributed by atoms with van der Waals surface area (Å²) < 4.78 is 0. The largest absolute Gasteiger partial charge is 0.329 e. The van der Waals surface area contributed by atoms with Gasteiger partial charge in [0.25, 0.3) is 0 Å². The molecule has 2 N–H and O–H groups in total. The monoisotopic (exact) mass is 238 g/mol. The van der Waals surface area contributed by atoms with Crippen LogP contribution in [0.1, 0.15) is 53.4 Å². The van der Waals surface area contributed by atoms with Crippen LogP contribution in [-0.2, 0) is 0 Å². The normalized spacial score (nSPS) is 39.0. The van der Waals surface area contributed by atoms with Gasteiger partial charge < -0.3 is 5.73 Å². The summed E-state index contributed by atoms with van der Waals surface area (Å²) in [5.74, 6) is 2.60. The number of rotatable bonds is 4. The van der Waals surface area contributed by atoms with Crippen LogP contribution in [0.5, 0.6) is 0 Å². The Morgan fingerprint density at radius 3 is 2.41 bits per heavy atom. The van der Waals surface area contributed by atoms with Crippen LogP contribution in [0.4, 0.5) is 0 Å². The molecule has 17 heavy (non-hydrogen) atoms. The number of hydrogen-bond acceptors (Lipinski definition) is 2. The van der Waals surface area contributed by atoms with Gasteiger partial charge in [0.2, 0.25) is 0 Å². The molecule has 2 fully saturated rings. The summed E-state index contributed by atoms with van der Waals surface area (Å²) in [7, 11) is 0. The summed E-state index contributed by atoms with van der Waals surface area (Å²) in [5.41, 5.74) is 6.36. The minimum absolute atomic E-state index is 0.240. The highest BCUT2D eigenvalue weighted by Gasteiger charge is 2.42. The fourth-order valence-electron chi connectivity index (χ4n) is 3.69. The van der Waals surface area contributed by atoms with Crippen LogP contribution in [0.25, 0.3) is 0 Å². The van der Waals surface area contributed by atoms with Gasteiger partial charge in [0.1, 0.15) is 0 Å². The highest BCUT2D eigenvalue weighted by molar-refractivity contribution is 4.98. The number of piperidine rings is 1. The lowest BCUT2D eigenvalue weighted by Gasteiger charge is -2.51. The molecule has 2 rings (SSSR count). The fraction of sp³-hybridized carbons (Fsp3) is 1.00. The summed E-state index contributed by atoms with van der Waals surface area (Å²) >= 11 is 0. The van der Waals surface area contributed by atoms with Crippen molar-refractivity contribution in [1.82, 2.24) is 4.90 Å². The zero-order chi connectivity index (χ0) is 12.6. The third-order valence-corrected chi connectivity index (χ3v) is 5.16. The van der Waals surface area contributed by atoms with Crippen LogP contribution < -0.4 is 5.73 Å². The molecule has 1 aliphatic carbocycles. The molecule has 2 aliphatic rings. The quantitative estimate of drug-likeness (QED) is 0.816. The maximum atomic E-state index is 6.13. The Balaban J connectivity index is 2.09. The maximum Gasteiger partial charge on any atom is 0.0309 e. The average Bonchev–Trinajstić information content (AvgIpc) is 3.07. The molecule has 0 aromatic rings. The molecule has 2 nitrogen and oxygen atoms in total. The van der Waals surface area contributed by atoms with E-state index in [4.69, 9.17) is 5.73 Å². The van der Waals surface area contributed by atoms with Crippen molar-refractivity contribution in [3.63, 3.8) is 0 Å². The van der Waals surface area contributed by atoms with Crippen molar-refractivity contribution < 1.29 is 0 Å². The van der Waals surface area contributed by atoms with E-state index in [2.05, 4.69) is 32.6 Å². The average molecular weight is 238 g/mol. The molecule has 0 aromatic carbocycles. The van der Waals surface area contributed by atoms with Crippen LogP contribution in [0, 0.1) is 17.8 Å². The summed E-state index contributed by atoms with van der Waals surface area (Å²) in [6.07, 6.45) is 5.56. The highest BCUT2D eigenvalue weighted by atomic mass is 15.2. The third kappa shape index (κ3) is 2.85. The van der Waals surface area contributed by atoms with Gasteiger partial charge in [-0.05, 0) is 44.4 Å². The Bertz CT molecular complexity index is 262. The highest BCUT2D eigenvalue weighted by Crippen LogP contribution is 2.41. The van der Waals surface area contributed by atoms with Gasteiger partial charge in [0.05, 0.1) is 0 Å². The van der Waals surface area contributed by atoms with E-state index >= 15 is 0 Å². The molecule has 0 amide bonds. The molecular formula is C15H30N2. The fourth-order valence-corrected chi connectivity index (χ4v) is 3.69.